The molecule has 0 saturated carbocycles. The zero-order chi connectivity index (χ0) is 15.9. The van der Waals surface area contributed by atoms with E-state index in [0.717, 1.165) is 11.3 Å². The highest BCUT2D eigenvalue weighted by molar-refractivity contribution is 6.01. The first kappa shape index (κ1) is 15.6. The quantitative estimate of drug-likeness (QED) is 0.658. The summed E-state index contributed by atoms with van der Waals surface area (Å²) in [7, 11) is 1.60. The molecule has 0 atom stereocenters. The molecule has 2 aromatic rings. The van der Waals surface area contributed by atoms with Crippen LogP contribution in [0, 0.1) is 0 Å². The number of phenolic OH excluding ortho intramolecular Hbond substituents is 1. The van der Waals surface area contributed by atoms with E-state index in [1.54, 1.807) is 50.4 Å². The number of rotatable bonds is 5. The Kier molecular flexibility index (Phi) is 5.14. The average Bonchev–Trinajstić information content (AvgIpc) is 2.54. The minimum Gasteiger partial charge on any atom is -0.507 e. The summed E-state index contributed by atoms with van der Waals surface area (Å²) < 4.78 is 5.07. The Hall–Kier alpha value is -2.82. The summed E-state index contributed by atoms with van der Waals surface area (Å²) >= 11 is 0. The van der Waals surface area contributed by atoms with E-state index in [1.165, 1.54) is 0 Å². The van der Waals surface area contributed by atoms with E-state index in [0.29, 0.717) is 11.3 Å². The highest BCUT2D eigenvalue weighted by Gasteiger charge is 2.06. The normalized spacial score (nSPS) is 11.1. The van der Waals surface area contributed by atoms with Crippen molar-refractivity contribution < 1.29 is 14.6 Å². The Balaban J connectivity index is 1.97. The molecule has 0 aliphatic rings. The van der Waals surface area contributed by atoms with Crippen LogP contribution in [0.4, 0.5) is 0 Å². The molecule has 0 spiro atoms. The summed E-state index contributed by atoms with van der Waals surface area (Å²) in [5, 5.41) is 13.7. The van der Waals surface area contributed by atoms with Crippen molar-refractivity contribution in [2.75, 3.05) is 7.11 Å². The monoisotopic (exact) mass is 298 g/mol. The van der Waals surface area contributed by atoms with Crippen LogP contribution in [-0.2, 0) is 11.2 Å². The predicted molar refractivity (Wildman–Crippen MR) is 85.2 cm³/mol. The van der Waals surface area contributed by atoms with Crippen LogP contribution >= 0.6 is 0 Å². The molecule has 0 aromatic heterocycles. The second-order valence-electron chi connectivity index (χ2n) is 4.77. The second-order valence-corrected chi connectivity index (χ2v) is 4.77. The lowest BCUT2D eigenvalue weighted by Gasteiger charge is -2.05. The number of carbonyl (C=O) groups excluding carboxylic acids is 1. The molecule has 114 valence electrons. The minimum atomic E-state index is -0.222. The summed E-state index contributed by atoms with van der Waals surface area (Å²) in [6.45, 7) is 1.72. The van der Waals surface area contributed by atoms with Crippen molar-refractivity contribution in [3.05, 3.63) is 59.7 Å². The zero-order valence-electron chi connectivity index (χ0n) is 12.5. The predicted octanol–water partition coefficient (Wildman–Crippen LogP) is 2.48. The van der Waals surface area contributed by atoms with Gasteiger partial charge in [-0.2, -0.15) is 5.10 Å². The number of amides is 1. The maximum absolute atomic E-state index is 11.9. The standard InChI is InChI=1S/C17H18N2O3/c1-12(15-5-3-4-6-16(15)20)18-19-17(21)11-13-7-9-14(22-2)10-8-13/h3-10,20H,11H2,1-2H3,(H,19,21). The first-order valence-electron chi connectivity index (χ1n) is 6.84. The van der Waals surface area contributed by atoms with Crippen molar-refractivity contribution in [2.24, 2.45) is 5.10 Å². The van der Waals surface area contributed by atoms with Crippen LogP contribution in [0.15, 0.2) is 53.6 Å². The molecule has 1 amide bonds. The maximum atomic E-state index is 11.9. The summed E-state index contributed by atoms with van der Waals surface area (Å²) in [6, 6.07) is 14.1. The van der Waals surface area contributed by atoms with Crippen LogP contribution in [-0.4, -0.2) is 23.8 Å². The van der Waals surface area contributed by atoms with Gasteiger partial charge in [-0.25, -0.2) is 5.43 Å². The van der Waals surface area contributed by atoms with Crippen molar-refractivity contribution in [1.82, 2.24) is 5.43 Å². The highest BCUT2D eigenvalue weighted by atomic mass is 16.5. The third kappa shape index (κ3) is 4.09. The molecule has 2 aromatic carbocycles. The molecular formula is C17H18N2O3. The van der Waals surface area contributed by atoms with Crippen molar-refractivity contribution in [3.8, 4) is 11.5 Å². The molecule has 0 aliphatic carbocycles. The number of nitrogens with zero attached hydrogens (tertiary/aromatic N) is 1. The fraction of sp³-hybridized carbons (Fsp3) is 0.176. The maximum Gasteiger partial charge on any atom is 0.244 e. The Morgan fingerprint density at radius 1 is 1.18 bits per heavy atom. The van der Waals surface area contributed by atoms with Crippen LogP contribution in [0.2, 0.25) is 0 Å². The molecule has 0 heterocycles. The number of hydrazone groups is 1. The molecule has 0 bridgehead atoms. The topological polar surface area (TPSA) is 70.9 Å². The number of ether oxygens (including phenoxy) is 1. The van der Waals surface area contributed by atoms with Crippen molar-refractivity contribution >= 4 is 11.6 Å². The molecule has 0 saturated heterocycles. The van der Waals surface area contributed by atoms with Gasteiger partial charge >= 0.3 is 0 Å². The molecule has 0 fully saturated rings. The van der Waals surface area contributed by atoms with Gasteiger partial charge in [0.15, 0.2) is 0 Å². The lowest BCUT2D eigenvalue weighted by Crippen LogP contribution is -2.21. The van der Waals surface area contributed by atoms with Gasteiger partial charge in [0.05, 0.1) is 19.2 Å². The Morgan fingerprint density at radius 2 is 1.86 bits per heavy atom. The summed E-state index contributed by atoms with van der Waals surface area (Å²) in [5.41, 5.74) is 4.49. The summed E-state index contributed by atoms with van der Waals surface area (Å²) in [4.78, 5) is 11.9. The van der Waals surface area contributed by atoms with Crippen LogP contribution in [0.3, 0.4) is 0 Å². The van der Waals surface area contributed by atoms with Gasteiger partial charge in [-0.15, -0.1) is 0 Å². The molecule has 22 heavy (non-hydrogen) atoms. The van der Waals surface area contributed by atoms with Crippen LogP contribution in [0.1, 0.15) is 18.1 Å². The zero-order valence-corrected chi connectivity index (χ0v) is 12.5. The van der Waals surface area contributed by atoms with Gasteiger partial charge in [0.1, 0.15) is 11.5 Å². The minimum absolute atomic E-state index is 0.133. The lowest BCUT2D eigenvalue weighted by atomic mass is 10.1. The van der Waals surface area contributed by atoms with Gasteiger partial charge in [0.2, 0.25) is 5.91 Å². The number of carbonyl (C=O) groups is 1. The number of methoxy groups -OCH3 is 1. The number of benzene rings is 2. The number of para-hydroxylation sites is 1. The van der Waals surface area contributed by atoms with E-state index < -0.39 is 0 Å². The van der Waals surface area contributed by atoms with E-state index in [4.69, 9.17) is 4.74 Å². The molecule has 2 rings (SSSR count). The van der Waals surface area contributed by atoms with Crippen molar-refractivity contribution in [3.63, 3.8) is 0 Å². The number of phenols is 1. The first-order chi connectivity index (χ1) is 10.6. The van der Waals surface area contributed by atoms with Gasteiger partial charge in [-0.3, -0.25) is 4.79 Å². The average molecular weight is 298 g/mol. The number of nitrogens with one attached hydrogen (secondary N) is 1. The number of hydrogen-bond acceptors (Lipinski definition) is 4. The van der Waals surface area contributed by atoms with Crippen molar-refractivity contribution in [1.29, 1.82) is 0 Å². The van der Waals surface area contributed by atoms with E-state index in [-0.39, 0.29) is 18.1 Å². The Bertz CT molecular complexity index is 679. The third-order valence-corrected chi connectivity index (χ3v) is 3.17. The molecule has 5 heteroatoms. The van der Waals surface area contributed by atoms with Gasteiger partial charge in [-0.05, 0) is 36.8 Å². The van der Waals surface area contributed by atoms with Gasteiger partial charge in [0, 0.05) is 5.56 Å². The fourth-order valence-electron chi connectivity index (χ4n) is 1.95. The largest absolute Gasteiger partial charge is 0.507 e. The van der Waals surface area contributed by atoms with E-state index >= 15 is 0 Å². The summed E-state index contributed by atoms with van der Waals surface area (Å²) in [5.74, 6) is 0.658. The SMILES string of the molecule is COc1ccc(CC(=O)NN=C(C)c2ccccc2O)cc1. The first-order valence-corrected chi connectivity index (χ1v) is 6.84. The second kappa shape index (κ2) is 7.26. The molecule has 0 radical (unpaired) electrons. The molecule has 5 nitrogen and oxygen atoms in total. The molecular weight excluding hydrogens is 280 g/mol. The van der Waals surface area contributed by atoms with E-state index in [2.05, 4.69) is 10.5 Å². The highest BCUT2D eigenvalue weighted by Crippen LogP contribution is 2.16. The van der Waals surface area contributed by atoms with Crippen LogP contribution in [0.25, 0.3) is 0 Å². The Morgan fingerprint density at radius 3 is 2.50 bits per heavy atom. The Labute approximate surface area is 129 Å². The lowest BCUT2D eigenvalue weighted by molar-refractivity contribution is -0.120. The van der Waals surface area contributed by atoms with E-state index in [9.17, 15) is 9.90 Å². The van der Waals surface area contributed by atoms with Crippen LogP contribution < -0.4 is 10.2 Å². The molecule has 0 aliphatic heterocycles. The van der Waals surface area contributed by atoms with Crippen LogP contribution in [0.5, 0.6) is 11.5 Å². The smallest absolute Gasteiger partial charge is 0.244 e. The molecule has 0 unspecified atom stereocenters. The van der Waals surface area contributed by atoms with Gasteiger partial charge in [-0.1, -0.05) is 24.3 Å². The van der Waals surface area contributed by atoms with Crippen molar-refractivity contribution in [2.45, 2.75) is 13.3 Å². The van der Waals surface area contributed by atoms with Gasteiger partial charge in [0.25, 0.3) is 0 Å². The van der Waals surface area contributed by atoms with Gasteiger partial charge < -0.3 is 9.84 Å². The number of hydrogen-bond donors (Lipinski definition) is 2. The fourth-order valence-corrected chi connectivity index (χ4v) is 1.95. The van der Waals surface area contributed by atoms with E-state index in [1.807, 2.05) is 12.1 Å². The number of aromatic hydroxyl groups is 1. The third-order valence-electron chi connectivity index (χ3n) is 3.17. The molecule has 2 N–H and O–H groups in total. The summed E-state index contributed by atoms with van der Waals surface area (Å²) in [6.07, 6.45) is 0.224.